The van der Waals surface area contributed by atoms with Crippen molar-refractivity contribution in [3.63, 3.8) is 0 Å². The van der Waals surface area contributed by atoms with Crippen LogP contribution in [0.2, 0.25) is 5.02 Å². The van der Waals surface area contributed by atoms with Gasteiger partial charge in [-0.15, -0.1) is 0 Å². The molecular weight excluding hydrogens is 508 g/mol. The highest BCUT2D eigenvalue weighted by Crippen LogP contribution is 2.39. The van der Waals surface area contributed by atoms with E-state index in [4.69, 9.17) is 26.8 Å². The van der Waals surface area contributed by atoms with Gasteiger partial charge in [-0.1, -0.05) is 23.7 Å². The van der Waals surface area contributed by atoms with E-state index >= 15 is 0 Å². The number of benzene rings is 2. The quantitative estimate of drug-likeness (QED) is 0.467. The molecule has 1 atom stereocenters. The van der Waals surface area contributed by atoms with E-state index < -0.39 is 6.10 Å². The normalized spacial score (nSPS) is 16.8. The van der Waals surface area contributed by atoms with Crippen LogP contribution in [-0.4, -0.2) is 66.4 Å². The number of carbonyl (C=O) groups is 3. The van der Waals surface area contributed by atoms with Gasteiger partial charge in [0.05, 0.1) is 30.3 Å². The van der Waals surface area contributed by atoms with E-state index in [-0.39, 0.29) is 24.1 Å². The Labute approximate surface area is 224 Å². The third-order valence-electron chi connectivity index (χ3n) is 6.32. The van der Waals surface area contributed by atoms with Crippen LogP contribution in [0.3, 0.4) is 0 Å². The predicted octanol–water partition coefficient (Wildman–Crippen LogP) is 3.23. The maximum absolute atomic E-state index is 13.0. The second kappa shape index (κ2) is 11.0. The van der Waals surface area contributed by atoms with Crippen LogP contribution in [-0.2, 0) is 9.53 Å². The molecule has 0 saturated carbocycles. The molecule has 38 heavy (non-hydrogen) atoms. The molecule has 2 aliphatic rings. The molecule has 3 aromatic rings. The SMILES string of the molecule is Nc1ccc(/C=C/C(=O)NCC2Oc3c(Cl)cc(-c4ccc(C(=O)N5CCOCC5)cc4)cc3C2=O)cn1. The number of ether oxygens (including phenoxy) is 2. The second-order valence-electron chi connectivity index (χ2n) is 8.88. The Balaban J connectivity index is 1.23. The van der Waals surface area contributed by atoms with E-state index in [1.54, 1.807) is 53.6 Å². The zero-order valence-corrected chi connectivity index (χ0v) is 21.1. The highest BCUT2D eigenvalue weighted by atomic mass is 35.5. The molecule has 5 rings (SSSR count). The Morgan fingerprint density at radius 2 is 1.87 bits per heavy atom. The number of rotatable bonds is 6. The van der Waals surface area contributed by atoms with Gasteiger partial charge in [0.1, 0.15) is 11.6 Å². The van der Waals surface area contributed by atoms with E-state index in [0.29, 0.717) is 59.6 Å². The zero-order chi connectivity index (χ0) is 26.6. The third kappa shape index (κ3) is 5.53. The number of anilines is 1. The summed E-state index contributed by atoms with van der Waals surface area (Å²) in [7, 11) is 0. The molecule has 194 valence electrons. The van der Waals surface area contributed by atoms with E-state index in [1.807, 2.05) is 12.1 Å². The molecule has 3 N–H and O–H groups in total. The number of nitrogens with two attached hydrogens (primary N) is 1. The zero-order valence-electron chi connectivity index (χ0n) is 20.4. The molecule has 0 radical (unpaired) electrons. The number of nitrogens with zero attached hydrogens (tertiary/aromatic N) is 2. The minimum Gasteiger partial charge on any atom is -0.478 e. The summed E-state index contributed by atoms with van der Waals surface area (Å²) in [5, 5.41) is 2.97. The van der Waals surface area contributed by atoms with E-state index in [0.717, 1.165) is 11.1 Å². The van der Waals surface area contributed by atoms with Gasteiger partial charge in [0.25, 0.3) is 5.91 Å². The number of morpholine rings is 1. The molecule has 9 nitrogen and oxygen atoms in total. The van der Waals surface area contributed by atoms with Crippen LogP contribution < -0.4 is 15.8 Å². The lowest BCUT2D eigenvalue weighted by Gasteiger charge is -2.26. The Bertz CT molecular complexity index is 1400. The molecule has 0 bridgehead atoms. The second-order valence-corrected chi connectivity index (χ2v) is 9.29. The number of aromatic nitrogens is 1. The first-order valence-electron chi connectivity index (χ1n) is 12.1. The van der Waals surface area contributed by atoms with Crippen molar-refractivity contribution >= 4 is 41.1 Å². The fraction of sp³-hybridized carbons (Fsp3) is 0.214. The van der Waals surface area contributed by atoms with Gasteiger partial charge >= 0.3 is 0 Å². The van der Waals surface area contributed by atoms with Gasteiger partial charge in [-0.25, -0.2) is 4.98 Å². The number of Topliss-reactive ketones (excluding diaryl/α,β-unsaturated/α-hetero) is 1. The van der Waals surface area contributed by atoms with Crippen molar-refractivity contribution in [1.29, 1.82) is 0 Å². The summed E-state index contributed by atoms with van der Waals surface area (Å²) < 4.78 is 11.1. The maximum atomic E-state index is 13.0. The number of amides is 2. The van der Waals surface area contributed by atoms with Gasteiger partial charge in [0.15, 0.2) is 6.10 Å². The molecule has 1 fully saturated rings. The average Bonchev–Trinajstić information content (AvgIpc) is 3.27. The van der Waals surface area contributed by atoms with Gasteiger partial charge in [0, 0.05) is 30.9 Å². The van der Waals surface area contributed by atoms with Crippen molar-refractivity contribution in [2.45, 2.75) is 6.10 Å². The lowest BCUT2D eigenvalue weighted by molar-refractivity contribution is -0.116. The standard InChI is InChI=1S/C28H25ClN4O5/c29-22-14-20(18-3-5-19(6-4-18)28(36)33-9-11-37-12-10-33)13-21-26(35)23(38-27(21)22)16-32-25(34)8-2-17-1-7-24(30)31-15-17/h1-8,13-15,23H,9-12,16H2,(H2,30,31)(H,32,34)/b8-2+. The summed E-state index contributed by atoms with van der Waals surface area (Å²) in [6.07, 6.45) is 3.60. The molecule has 2 amide bonds. The van der Waals surface area contributed by atoms with Gasteiger partial charge in [-0.2, -0.15) is 0 Å². The summed E-state index contributed by atoms with van der Waals surface area (Å²) >= 11 is 6.47. The van der Waals surface area contributed by atoms with Crippen LogP contribution in [0.25, 0.3) is 17.2 Å². The van der Waals surface area contributed by atoms with Crippen LogP contribution in [0, 0.1) is 0 Å². The monoisotopic (exact) mass is 532 g/mol. The number of carbonyl (C=O) groups excluding carboxylic acids is 3. The van der Waals surface area contributed by atoms with Crippen LogP contribution in [0.15, 0.2) is 60.8 Å². The topological polar surface area (TPSA) is 124 Å². The molecule has 3 heterocycles. The molecule has 0 spiro atoms. The number of hydrogen-bond acceptors (Lipinski definition) is 7. The first kappa shape index (κ1) is 25.4. The Morgan fingerprint density at radius 1 is 1.11 bits per heavy atom. The number of fused-ring (bicyclic) bond motifs is 1. The van der Waals surface area contributed by atoms with Crippen LogP contribution >= 0.6 is 11.6 Å². The number of nitrogens with one attached hydrogen (secondary N) is 1. The number of ketones is 1. The molecule has 0 aliphatic carbocycles. The third-order valence-corrected chi connectivity index (χ3v) is 6.60. The van der Waals surface area contributed by atoms with Crippen LogP contribution in [0.4, 0.5) is 5.82 Å². The van der Waals surface area contributed by atoms with Crippen molar-refractivity contribution in [3.8, 4) is 16.9 Å². The van der Waals surface area contributed by atoms with Crippen molar-refractivity contribution in [1.82, 2.24) is 15.2 Å². The molecule has 2 aromatic carbocycles. The van der Waals surface area contributed by atoms with Gasteiger partial charge in [-0.3, -0.25) is 14.4 Å². The number of halogens is 1. The van der Waals surface area contributed by atoms with Crippen LogP contribution in [0.1, 0.15) is 26.3 Å². The molecule has 2 aliphatic heterocycles. The summed E-state index contributed by atoms with van der Waals surface area (Å²) in [6.45, 7) is 2.20. The fourth-order valence-corrected chi connectivity index (χ4v) is 4.52. The Hall–Kier alpha value is -4.21. The summed E-state index contributed by atoms with van der Waals surface area (Å²) in [5.74, 6) is -0.00844. The fourth-order valence-electron chi connectivity index (χ4n) is 4.26. The Morgan fingerprint density at radius 3 is 2.58 bits per heavy atom. The average molecular weight is 533 g/mol. The van der Waals surface area contributed by atoms with E-state index in [9.17, 15) is 14.4 Å². The van der Waals surface area contributed by atoms with E-state index in [1.165, 1.54) is 6.08 Å². The van der Waals surface area contributed by atoms with Gasteiger partial charge in [-0.05, 0) is 59.2 Å². The molecule has 10 heteroatoms. The lowest BCUT2D eigenvalue weighted by Crippen LogP contribution is -2.40. The van der Waals surface area contributed by atoms with Gasteiger partial charge < -0.3 is 25.4 Å². The molecule has 1 aromatic heterocycles. The lowest BCUT2D eigenvalue weighted by atomic mass is 9.99. The minimum atomic E-state index is -0.887. The summed E-state index contributed by atoms with van der Waals surface area (Å²) in [5.41, 5.74) is 8.74. The number of hydrogen-bond donors (Lipinski definition) is 2. The highest BCUT2D eigenvalue weighted by molar-refractivity contribution is 6.33. The molecule has 1 saturated heterocycles. The smallest absolute Gasteiger partial charge is 0.254 e. The minimum absolute atomic E-state index is 0.0132. The predicted molar refractivity (Wildman–Crippen MR) is 143 cm³/mol. The van der Waals surface area contributed by atoms with Crippen molar-refractivity contribution in [2.24, 2.45) is 0 Å². The highest BCUT2D eigenvalue weighted by Gasteiger charge is 2.34. The van der Waals surface area contributed by atoms with Crippen molar-refractivity contribution in [2.75, 3.05) is 38.6 Å². The number of pyridine rings is 1. The molecular formula is C28H25ClN4O5. The Kier molecular flexibility index (Phi) is 7.39. The maximum Gasteiger partial charge on any atom is 0.254 e. The summed E-state index contributed by atoms with van der Waals surface area (Å²) in [6, 6.07) is 14.0. The first-order chi connectivity index (χ1) is 18.4. The largest absolute Gasteiger partial charge is 0.478 e. The number of nitrogen functional groups attached to an aromatic ring is 1. The van der Waals surface area contributed by atoms with Crippen LogP contribution in [0.5, 0.6) is 5.75 Å². The van der Waals surface area contributed by atoms with Crippen molar-refractivity contribution < 1.29 is 23.9 Å². The molecule has 1 unspecified atom stereocenters. The summed E-state index contributed by atoms with van der Waals surface area (Å²) in [4.78, 5) is 43.7. The van der Waals surface area contributed by atoms with Gasteiger partial charge in [0.2, 0.25) is 11.7 Å². The van der Waals surface area contributed by atoms with E-state index in [2.05, 4.69) is 10.3 Å². The van der Waals surface area contributed by atoms with Crippen molar-refractivity contribution in [3.05, 3.63) is 82.5 Å². The first-order valence-corrected chi connectivity index (χ1v) is 12.5.